The molecule has 3 aromatic rings. The predicted octanol–water partition coefficient (Wildman–Crippen LogP) is 2.78. The van der Waals surface area contributed by atoms with Gasteiger partial charge in [0.1, 0.15) is 0 Å². The van der Waals surface area contributed by atoms with Gasteiger partial charge in [-0.3, -0.25) is 0 Å². The average molecular weight is 306 g/mol. The van der Waals surface area contributed by atoms with Crippen molar-refractivity contribution in [3.63, 3.8) is 0 Å². The molecule has 0 saturated carbocycles. The van der Waals surface area contributed by atoms with E-state index in [0.717, 1.165) is 22.7 Å². The van der Waals surface area contributed by atoms with Crippen LogP contribution >= 0.6 is 22.9 Å². The highest BCUT2D eigenvalue weighted by Crippen LogP contribution is 2.14. The largest absolute Gasteiger partial charge is 0.245 e. The van der Waals surface area contributed by atoms with Gasteiger partial charge in [0.25, 0.3) is 0 Å². The van der Waals surface area contributed by atoms with Gasteiger partial charge in [-0.15, -0.1) is 33.1 Å². The molecule has 1 aromatic carbocycles. The molecule has 2 heterocycles. The summed E-state index contributed by atoms with van der Waals surface area (Å²) in [5.41, 5.74) is 1.89. The molecule has 0 radical (unpaired) electrons. The third-order valence-corrected chi connectivity index (χ3v) is 3.98. The van der Waals surface area contributed by atoms with Crippen LogP contribution in [0.5, 0.6) is 0 Å². The SMILES string of the molecule is ClCc1csc(CCn2nnc(-c3ccccc3)n2)n1. The van der Waals surface area contributed by atoms with E-state index in [1.165, 1.54) is 0 Å². The first-order chi connectivity index (χ1) is 9.85. The highest BCUT2D eigenvalue weighted by atomic mass is 35.5. The fraction of sp³-hybridized carbons (Fsp3) is 0.231. The highest BCUT2D eigenvalue weighted by molar-refractivity contribution is 7.09. The molecule has 0 aliphatic heterocycles. The summed E-state index contributed by atoms with van der Waals surface area (Å²) in [6.07, 6.45) is 0.784. The monoisotopic (exact) mass is 305 g/mol. The van der Waals surface area contributed by atoms with Crippen molar-refractivity contribution in [2.45, 2.75) is 18.8 Å². The van der Waals surface area contributed by atoms with E-state index < -0.39 is 0 Å². The number of nitrogens with zero attached hydrogens (tertiary/aromatic N) is 5. The van der Waals surface area contributed by atoms with E-state index in [1.54, 1.807) is 16.1 Å². The lowest BCUT2D eigenvalue weighted by Gasteiger charge is -1.95. The van der Waals surface area contributed by atoms with Gasteiger partial charge in [0.15, 0.2) is 0 Å². The predicted molar refractivity (Wildman–Crippen MR) is 78.6 cm³/mol. The summed E-state index contributed by atoms with van der Waals surface area (Å²) in [5.74, 6) is 1.10. The number of benzene rings is 1. The zero-order valence-electron chi connectivity index (χ0n) is 10.6. The molecule has 0 aliphatic carbocycles. The molecule has 2 aromatic heterocycles. The molecule has 5 nitrogen and oxygen atoms in total. The molecular formula is C13H12ClN5S. The van der Waals surface area contributed by atoms with Crippen LogP contribution in [0.15, 0.2) is 35.7 Å². The Labute approximate surface area is 125 Å². The van der Waals surface area contributed by atoms with Crippen molar-refractivity contribution in [2.75, 3.05) is 0 Å². The number of tetrazole rings is 1. The number of aromatic nitrogens is 5. The van der Waals surface area contributed by atoms with Crippen LogP contribution in [0.3, 0.4) is 0 Å². The number of halogens is 1. The Balaban J connectivity index is 1.65. The Bertz CT molecular complexity index is 679. The Morgan fingerprint density at radius 1 is 1.20 bits per heavy atom. The quantitative estimate of drug-likeness (QED) is 0.680. The molecule has 0 spiro atoms. The van der Waals surface area contributed by atoms with Crippen LogP contribution in [0, 0.1) is 0 Å². The standard InChI is InChI=1S/C13H12ClN5S/c14-8-11-9-20-12(15-11)6-7-19-17-13(16-18-19)10-4-2-1-3-5-10/h1-5,9H,6-8H2. The molecule has 102 valence electrons. The minimum atomic E-state index is 0.455. The van der Waals surface area contributed by atoms with E-state index >= 15 is 0 Å². The molecule has 0 unspecified atom stereocenters. The van der Waals surface area contributed by atoms with Crippen molar-refractivity contribution in [1.29, 1.82) is 0 Å². The number of thiazole rings is 1. The first kappa shape index (κ1) is 13.2. The Morgan fingerprint density at radius 2 is 2.05 bits per heavy atom. The number of alkyl halides is 1. The summed E-state index contributed by atoms with van der Waals surface area (Å²) < 4.78 is 0. The number of rotatable bonds is 5. The smallest absolute Gasteiger partial charge is 0.204 e. The van der Waals surface area contributed by atoms with Gasteiger partial charge in [-0.05, 0) is 5.21 Å². The molecule has 0 fully saturated rings. The third-order valence-electron chi connectivity index (χ3n) is 2.75. The van der Waals surface area contributed by atoms with Gasteiger partial charge in [0, 0.05) is 17.4 Å². The topological polar surface area (TPSA) is 56.5 Å². The summed E-state index contributed by atoms with van der Waals surface area (Å²) >= 11 is 7.34. The fourth-order valence-corrected chi connectivity index (χ4v) is 2.78. The van der Waals surface area contributed by atoms with Crippen molar-refractivity contribution in [1.82, 2.24) is 25.2 Å². The maximum atomic E-state index is 5.73. The van der Waals surface area contributed by atoms with Crippen molar-refractivity contribution in [2.24, 2.45) is 0 Å². The van der Waals surface area contributed by atoms with Gasteiger partial charge >= 0.3 is 0 Å². The molecular weight excluding hydrogens is 294 g/mol. The second kappa shape index (κ2) is 6.11. The zero-order valence-corrected chi connectivity index (χ0v) is 12.2. The summed E-state index contributed by atoms with van der Waals surface area (Å²) in [5, 5.41) is 15.5. The second-order valence-electron chi connectivity index (χ2n) is 4.19. The van der Waals surface area contributed by atoms with Gasteiger partial charge in [0.2, 0.25) is 5.82 Å². The van der Waals surface area contributed by atoms with E-state index in [1.807, 2.05) is 35.7 Å². The van der Waals surface area contributed by atoms with E-state index in [-0.39, 0.29) is 0 Å². The van der Waals surface area contributed by atoms with E-state index in [2.05, 4.69) is 20.4 Å². The number of aryl methyl sites for hydroxylation is 2. The molecule has 0 atom stereocenters. The van der Waals surface area contributed by atoms with Gasteiger partial charge < -0.3 is 0 Å². The lowest BCUT2D eigenvalue weighted by molar-refractivity contribution is 0.522. The maximum absolute atomic E-state index is 5.73. The maximum Gasteiger partial charge on any atom is 0.204 e. The lowest BCUT2D eigenvalue weighted by Crippen LogP contribution is -2.05. The van der Waals surface area contributed by atoms with Crippen molar-refractivity contribution in [3.05, 3.63) is 46.4 Å². The number of hydrogen-bond donors (Lipinski definition) is 0. The highest BCUT2D eigenvalue weighted by Gasteiger charge is 2.06. The molecule has 0 bridgehead atoms. The van der Waals surface area contributed by atoms with Gasteiger partial charge in [-0.1, -0.05) is 30.3 Å². The molecule has 3 rings (SSSR count). The Morgan fingerprint density at radius 3 is 2.80 bits per heavy atom. The minimum absolute atomic E-state index is 0.455. The molecule has 7 heteroatoms. The summed E-state index contributed by atoms with van der Waals surface area (Å²) in [6.45, 7) is 0.662. The first-order valence-electron chi connectivity index (χ1n) is 6.17. The van der Waals surface area contributed by atoms with Gasteiger partial charge in [-0.25, -0.2) is 4.98 Å². The lowest BCUT2D eigenvalue weighted by atomic mass is 10.2. The van der Waals surface area contributed by atoms with Crippen LogP contribution in [0.2, 0.25) is 0 Å². The van der Waals surface area contributed by atoms with Crippen molar-refractivity contribution < 1.29 is 0 Å². The zero-order chi connectivity index (χ0) is 13.8. The minimum Gasteiger partial charge on any atom is -0.245 e. The summed E-state index contributed by atoms with van der Waals surface area (Å²) in [4.78, 5) is 6.01. The van der Waals surface area contributed by atoms with Crippen LogP contribution in [-0.2, 0) is 18.8 Å². The fourth-order valence-electron chi connectivity index (χ4n) is 1.76. The van der Waals surface area contributed by atoms with Gasteiger partial charge in [-0.2, -0.15) is 4.80 Å². The summed E-state index contributed by atoms with van der Waals surface area (Å²) in [7, 11) is 0. The van der Waals surface area contributed by atoms with Crippen LogP contribution in [0.4, 0.5) is 0 Å². The molecule has 0 aliphatic rings. The number of hydrogen-bond acceptors (Lipinski definition) is 5. The molecule has 0 saturated heterocycles. The van der Waals surface area contributed by atoms with Crippen LogP contribution in [0.1, 0.15) is 10.7 Å². The average Bonchev–Trinajstić information content (AvgIpc) is 3.15. The van der Waals surface area contributed by atoms with Crippen LogP contribution in [-0.4, -0.2) is 25.2 Å². The third kappa shape index (κ3) is 3.02. The molecule has 20 heavy (non-hydrogen) atoms. The van der Waals surface area contributed by atoms with E-state index in [9.17, 15) is 0 Å². The Kier molecular flexibility index (Phi) is 4.03. The summed E-state index contributed by atoms with van der Waals surface area (Å²) in [6, 6.07) is 9.81. The first-order valence-corrected chi connectivity index (χ1v) is 7.59. The molecule has 0 N–H and O–H groups in total. The van der Waals surface area contributed by atoms with Crippen molar-refractivity contribution >= 4 is 22.9 Å². The van der Waals surface area contributed by atoms with E-state index in [0.29, 0.717) is 18.2 Å². The molecule has 0 amide bonds. The van der Waals surface area contributed by atoms with Crippen LogP contribution in [0.25, 0.3) is 11.4 Å². The second-order valence-corrected chi connectivity index (χ2v) is 5.40. The van der Waals surface area contributed by atoms with E-state index in [4.69, 9.17) is 11.6 Å². The van der Waals surface area contributed by atoms with Crippen molar-refractivity contribution in [3.8, 4) is 11.4 Å². The van der Waals surface area contributed by atoms with Gasteiger partial charge in [0.05, 0.1) is 23.1 Å². The van der Waals surface area contributed by atoms with Crippen LogP contribution < -0.4 is 0 Å². The normalized spacial score (nSPS) is 10.8. The Hall–Kier alpha value is -1.79.